The molecule has 0 bridgehead atoms. The molecule has 0 aliphatic heterocycles. The van der Waals surface area contributed by atoms with Crippen molar-refractivity contribution in [1.29, 1.82) is 0 Å². The first-order valence-electron chi connectivity index (χ1n) is 7.28. The number of rotatable bonds is 4. The summed E-state index contributed by atoms with van der Waals surface area (Å²) >= 11 is 0. The summed E-state index contributed by atoms with van der Waals surface area (Å²) in [6, 6.07) is 6.55. The fourth-order valence-corrected chi connectivity index (χ4v) is 2.41. The van der Waals surface area contributed by atoms with E-state index in [0.717, 1.165) is 18.9 Å². The Bertz CT molecular complexity index is 868. The summed E-state index contributed by atoms with van der Waals surface area (Å²) in [6.07, 6.45) is 1.99. The second-order valence-electron chi connectivity index (χ2n) is 5.50. The van der Waals surface area contributed by atoms with Gasteiger partial charge in [-0.15, -0.1) is 0 Å². The first-order chi connectivity index (χ1) is 11.2. The van der Waals surface area contributed by atoms with Crippen LogP contribution >= 0.6 is 0 Å². The van der Waals surface area contributed by atoms with Crippen LogP contribution in [0.25, 0.3) is 17.3 Å². The summed E-state index contributed by atoms with van der Waals surface area (Å²) in [7, 11) is 0. The highest BCUT2D eigenvalue weighted by atomic mass is 19.1. The number of hydrogen-bond acceptors (Lipinski definition) is 4. The lowest BCUT2D eigenvalue weighted by molar-refractivity contribution is 0.248. The number of aromatic nitrogens is 3. The summed E-state index contributed by atoms with van der Waals surface area (Å²) in [5.41, 5.74) is 0.0998. The van der Waals surface area contributed by atoms with Gasteiger partial charge in [-0.05, 0) is 37.1 Å². The third-order valence-electron chi connectivity index (χ3n) is 3.74. The van der Waals surface area contributed by atoms with Crippen molar-refractivity contribution >= 4 is 0 Å². The van der Waals surface area contributed by atoms with E-state index in [9.17, 15) is 8.78 Å². The number of furan rings is 1. The van der Waals surface area contributed by atoms with E-state index in [2.05, 4.69) is 10.1 Å². The van der Waals surface area contributed by atoms with E-state index in [1.165, 1.54) is 16.8 Å². The molecule has 0 atom stereocenters. The van der Waals surface area contributed by atoms with Gasteiger partial charge in [0.15, 0.2) is 23.2 Å². The molecular formula is C16H13F2N3O2. The highest BCUT2D eigenvalue weighted by Crippen LogP contribution is 2.39. The first kappa shape index (κ1) is 14.1. The minimum absolute atomic E-state index is 0.0998. The average Bonchev–Trinajstić information content (AvgIpc) is 3.11. The molecule has 118 valence electrons. The summed E-state index contributed by atoms with van der Waals surface area (Å²) in [6.45, 7) is -0.242. The Morgan fingerprint density at radius 3 is 2.70 bits per heavy atom. The van der Waals surface area contributed by atoms with Crippen molar-refractivity contribution in [1.82, 2.24) is 14.8 Å². The Kier molecular flexibility index (Phi) is 3.23. The maximum atomic E-state index is 14.1. The van der Waals surface area contributed by atoms with E-state index < -0.39 is 11.6 Å². The minimum Gasteiger partial charge on any atom is -0.455 e. The highest BCUT2D eigenvalue weighted by molar-refractivity contribution is 5.52. The van der Waals surface area contributed by atoms with E-state index >= 15 is 0 Å². The molecule has 0 amide bonds. The number of nitrogens with zero attached hydrogens (tertiary/aromatic N) is 3. The minimum atomic E-state index is -0.729. The van der Waals surface area contributed by atoms with Crippen molar-refractivity contribution in [3.63, 3.8) is 0 Å². The molecule has 0 saturated heterocycles. The maximum absolute atomic E-state index is 14.1. The number of hydrogen-bond donors (Lipinski definition) is 1. The quantitative estimate of drug-likeness (QED) is 0.803. The lowest BCUT2D eigenvalue weighted by Gasteiger charge is -2.05. The summed E-state index contributed by atoms with van der Waals surface area (Å²) in [5, 5.41) is 13.5. The zero-order valence-corrected chi connectivity index (χ0v) is 12.0. The normalized spacial score (nSPS) is 14.4. The van der Waals surface area contributed by atoms with Crippen molar-refractivity contribution in [3.8, 4) is 17.3 Å². The zero-order valence-electron chi connectivity index (χ0n) is 12.0. The molecule has 5 nitrogen and oxygen atoms in total. The van der Waals surface area contributed by atoms with Crippen molar-refractivity contribution < 1.29 is 18.3 Å². The summed E-state index contributed by atoms with van der Waals surface area (Å²) in [4.78, 5) is 4.45. The Morgan fingerprint density at radius 2 is 2.04 bits per heavy atom. The molecule has 0 spiro atoms. The molecule has 1 aliphatic rings. The van der Waals surface area contributed by atoms with Crippen molar-refractivity contribution in [2.75, 3.05) is 0 Å². The second kappa shape index (κ2) is 5.27. The number of benzene rings is 1. The van der Waals surface area contributed by atoms with Gasteiger partial charge >= 0.3 is 0 Å². The van der Waals surface area contributed by atoms with Crippen molar-refractivity contribution in [2.24, 2.45) is 0 Å². The van der Waals surface area contributed by atoms with E-state index in [0.29, 0.717) is 23.2 Å². The number of aliphatic hydroxyl groups excluding tert-OH is 1. The molecule has 4 rings (SSSR count). The molecule has 1 N–H and O–H groups in total. The van der Waals surface area contributed by atoms with Crippen molar-refractivity contribution in [2.45, 2.75) is 25.4 Å². The Balaban J connectivity index is 1.87. The molecule has 1 aliphatic carbocycles. The van der Waals surface area contributed by atoms with Crippen LogP contribution in [0.15, 0.2) is 34.7 Å². The lowest BCUT2D eigenvalue weighted by atomic mass is 10.3. The largest absolute Gasteiger partial charge is 0.455 e. The molecule has 2 aromatic heterocycles. The molecule has 23 heavy (non-hydrogen) atoms. The monoisotopic (exact) mass is 317 g/mol. The second-order valence-corrected chi connectivity index (χ2v) is 5.50. The fourth-order valence-electron chi connectivity index (χ4n) is 2.41. The van der Waals surface area contributed by atoms with Gasteiger partial charge in [-0.1, -0.05) is 0 Å². The third-order valence-corrected chi connectivity index (χ3v) is 3.74. The van der Waals surface area contributed by atoms with Gasteiger partial charge in [0.2, 0.25) is 0 Å². The number of aliphatic hydroxyl groups is 1. The SMILES string of the molecule is OCc1ccc(-c2nc(C3CC3)nn2-c2ccc(F)cc2F)o1. The van der Waals surface area contributed by atoms with Gasteiger partial charge in [0.05, 0.1) is 0 Å². The Hall–Kier alpha value is -2.54. The summed E-state index contributed by atoms with van der Waals surface area (Å²) < 4.78 is 34.1. The predicted molar refractivity (Wildman–Crippen MR) is 76.9 cm³/mol. The Labute approximate surface area is 130 Å². The van der Waals surface area contributed by atoms with Crippen LogP contribution < -0.4 is 0 Å². The van der Waals surface area contributed by atoms with E-state index in [1.54, 1.807) is 12.1 Å². The first-order valence-corrected chi connectivity index (χ1v) is 7.28. The van der Waals surface area contributed by atoms with Gasteiger partial charge in [-0.25, -0.2) is 18.4 Å². The molecule has 1 saturated carbocycles. The molecule has 1 aromatic carbocycles. The topological polar surface area (TPSA) is 64.1 Å². The van der Waals surface area contributed by atoms with Crippen LogP contribution in [0.2, 0.25) is 0 Å². The van der Waals surface area contributed by atoms with Crippen LogP contribution in [-0.4, -0.2) is 19.9 Å². The van der Waals surface area contributed by atoms with E-state index in [4.69, 9.17) is 9.52 Å². The molecule has 3 aromatic rings. The molecule has 0 radical (unpaired) electrons. The van der Waals surface area contributed by atoms with Gasteiger partial charge in [-0.3, -0.25) is 0 Å². The standard InChI is InChI=1S/C16H13F2N3O2/c17-10-3-5-13(12(18)7-10)21-16(14-6-4-11(8-22)23-14)19-15(20-21)9-1-2-9/h3-7,9,22H,1-2,8H2. The van der Waals surface area contributed by atoms with E-state index in [-0.39, 0.29) is 18.2 Å². The van der Waals surface area contributed by atoms with Crippen LogP contribution in [0.1, 0.15) is 30.3 Å². The van der Waals surface area contributed by atoms with Gasteiger partial charge in [0, 0.05) is 12.0 Å². The van der Waals surface area contributed by atoms with Gasteiger partial charge < -0.3 is 9.52 Å². The van der Waals surface area contributed by atoms with Crippen LogP contribution in [-0.2, 0) is 6.61 Å². The third kappa shape index (κ3) is 2.53. The molecule has 0 unspecified atom stereocenters. The smallest absolute Gasteiger partial charge is 0.199 e. The predicted octanol–water partition coefficient (Wildman–Crippen LogP) is 3.18. The van der Waals surface area contributed by atoms with Gasteiger partial charge in [0.25, 0.3) is 0 Å². The van der Waals surface area contributed by atoms with E-state index in [1.807, 2.05) is 0 Å². The maximum Gasteiger partial charge on any atom is 0.199 e. The molecule has 1 fully saturated rings. The van der Waals surface area contributed by atoms with Crippen LogP contribution in [0.5, 0.6) is 0 Å². The fraction of sp³-hybridized carbons (Fsp3) is 0.250. The zero-order chi connectivity index (χ0) is 16.0. The number of halogens is 2. The van der Waals surface area contributed by atoms with Crippen LogP contribution in [0, 0.1) is 11.6 Å². The molecular weight excluding hydrogens is 304 g/mol. The highest BCUT2D eigenvalue weighted by Gasteiger charge is 2.30. The van der Waals surface area contributed by atoms with Crippen LogP contribution in [0.4, 0.5) is 8.78 Å². The van der Waals surface area contributed by atoms with Gasteiger partial charge in [-0.2, -0.15) is 5.10 Å². The average molecular weight is 317 g/mol. The lowest BCUT2D eigenvalue weighted by Crippen LogP contribution is -2.03. The van der Waals surface area contributed by atoms with Crippen molar-refractivity contribution in [3.05, 3.63) is 53.6 Å². The molecule has 7 heteroatoms. The van der Waals surface area contributed by atoms with Crippen LogP contribution in [0.3, 0.4) is 0 Å². The summed E-state index contributed by atoms with van der Waals surface area (Å²) in [5.74, 6) is 0.580. The van der Waals surface area contributed by atoms with Gasteiger partial charge in [0.1, 0.15) is 23.9 Å². The Morgan fingerprint density at radius 1 is 1.22 bits per heavy atom. The molecule has 2 heterocycles.